The number of allylic oxidation sites excluding steroid dienone is 26. The number of ether oxygens (including phenoxy) is 3. The van der Waals surface area contributed by atoms with Gasteiger partial charge in [0, 0.05) is 19.3 Å². The van der Waals surface area contributed by atoms with E-state index in [-0.39, 0.29) is 31.6 Å². The molecule has 0 radical (unpaired) electrons. The highest BCUT2D eigenvalue weighted by molar-refractivity contribution is 5.71. The lowest BCUT2D eigenvalue weighted by Crippen LogP contribution is -2.30. The van der Waals surface area contributed by atoms with Gasteiger partial charge in [-0.3, -0.25) is 14.4 Å². The number of rotatable bonds is 58. The third kappa shape index (κ3) is 65.7. The van der Waals surface area contributed by atoms with Gasteiger partial charge in [0.25, 0.3) is 0 Å². The van der Waals surface area contributed by atoms with Crippen molar-refractivity contribution in [1.82, 2.24) is 0 Å². The molecule has 0 bridgehead atoms. The molecule has 81 heavy (non-hydrogen) atoms. The molecule has 6 nitrogen and oxygen atoms in total. The molecule has 0 aliphatic rings. The van der Waals surface area contributed by atoms with E-state index in [0.29, 0.717) is 19.3 Å². The lowest BCUT2D eigenvalue weighted by Gasteiger charge is -2.18. The minimum absolute atomic E-state index is 0.123. The Hall–Kier alpha value is -4.97. The first-order valence-corrected chi connectivity index (χ1v) is 33.0. The zero-order valence-corrected chi connectivity index (χ0v) is 52.2. The summed E-state index contributed by atoms with van der Waals surface area (Å²) in [6, 6.07) is 0. The van der Waals surface area contributed by atoms with Crippen LogP contribution in [0.5, 0.6) is 0 Å². The summed E-state index contributed by atoms with van der Waals surface area (Å²) >= 11 is 0. The van der Waals surface area contributed by atoms with Gasteiger partial charge in [0.05, 0.1) is 0 Å². The summed E-state index contributed by atoms with van der Waals surface area (Å²) in [6.07, 6.45) is 98.3. The summed E-state index contributed by atoms with van der Waals surface area (Å²) in [5.74, 6) is -1.04. The molecule has 0 heterocycles. The van der Waals surface area contributed by atoms with Crippen LogP contribution in [0, 0.1) is 0 Å². The van der Waals surface area contributed by atoms with Crippen LogP contribution in [0.1, 0.15) is 278 Å². The Bertz CT molecular complexity index is 1810. The molecule has 456 valence electrons. The van der Waals surface area contributed by atoms with Crippen LogP contribution < -0.4 is 0 Å². The maximum absolute atomic E-state index is 12.9. The van der Waals surface area contributed by atoms with Crippen molar-refractivity contribution in [3.63, 3.8) is 0 Å². The fourth-order valence-corrected chi connectivity index (χ4v) is 8.68. The highest BCUT2D eigenvalue weighted by Crippen LogP contribution is 2.16. The topological polar surface area (TPSA) is 78.9 Å². The van der Waals surface area contributed by atoms with Gasteiger partial charge >= 0.3 is 17.9 Å². The number of esters is 3. The van der Waals surface area contributed by atoms with Gasteiger partial charge in [-0.05, 0) is 116 Å². The Morgan fingerprint density at radius 2 is 0.506 bits per heavy atom. The normalized spacial score (nSPS) is 13.2. The van der Waals surface area contributed by atoms with E-state index in [1.54, 1.807) is 0 Å². The third-order valence-corrected chi connectivity index (χ3v) is 13.5. The number of hydrogen-bond acceptors (Lipinski definition) is 6. The lowest BCUT2D eigenvalue weighted by molar-refractivity contribution is -0.166. The highest BCUT2D eigenvalue weighted by atomic mass is 16.6. The van der Waals surface area contributed by atoms with Crippen molar-refractivity contribution in [1.29, 1.82) is 0 Å². The predicted molar refractivity (Wildman–Crippen MR) is 352 cm³/mol. The molecule has 0 aromatic heterocycles. The Morgan fingerprint density at radius 1 is 0.259 bits per heavy atom. The van der Waals surface area contributed by atoms with Crippen LogP contribution in [0.15, 0.2) is 158 Å². The average molecular weight is 1120 g/mol. The molecule has 0 aromatic carbocycles. The van der Waals surface area contributed by atoms with E-state index < -0.39 is 12.1 Å². The summed E-state index contributed by atoms with van der Waals surface area (Å²) in [5, 5.41) is 0. The van der Waals surface area contributed by atoms with Crippen molar-refractivity contribution >= 4 is 17.9 Å². The van der Waals surface area contributed by atoms with E-state index in [1.807, 2.05) is 12.2 Å². The zero-order valence-electron chi connectivity index (χ0n) is 52.2. The fraction of sp³-hybridized carbons (Fsp3) is 0.613. The van der Waals surface area contributed by atoms with Crippen molar-refractivity contribution in [2.45, 2.75) is 284 Å². The van der Waals surface area contributed by atoms with Gasteiger partial charge < -0.3 is 14.2 Å². The van der Waals surface area contributed by atoms with E-state index >= 15 is 0 Å². The molecule has 0 spiro atoms. The van der Waals surface area contributed by atoms with Crippen molar-refractivity contribution in [2.24, 2.45) is 0 Å². The van der Waals surface area contributed by atoms with E-state index in [2.05, 4.69) is 167 Å². The predicted octanol–water partition coefficient (Wildman–Crippen LogP) is 22.9. The van der Waals surface area contributed by atoms with Crippen molar-refractivity contribution in [3.05, 3.63) is 158 Å². The molecule has 6 heteroatoms. The SMILES string of the molecule is CC/C=C\C/C=C\C/C=C\C/C=C\C/C=C\C/C=C\C/C=C\CCCCCC(=O)OCC(COC(=O)CCCCCCCCCCCCCCCCCCCCC)OC(=O)CC/C=C\C/C=C\C/C=C\C/C=C\C/C=C\C/C=C\CC. The molecule has 0 amide bonds. The molecule has 0 fully saturated rings. The Balaban J connectivity index is 4.56. The molecule has 0 aliphatic carbocycles. The van der Waals surface area contributed by atoms with Crippen LogP contribution in [0.2, 0.25) is 0 Å². The molecule has 0 saturated heterocycles. The smallest absolute Gasteiger partial charge is 0.306 e. The molecular formula is C75H120O6. The maximum Gasteiger partial charge on any atom is 0.306 e. The molecular weight excluding hydrogens is 997 g/mol. The second kappa shape index (κ2) is 67.5. The van der Waals surface area contributed by atoms with Gasteiger partial charge in [0.2, 0.25) is 0 Å². The van der Waals surface area contributed by atoms with Crippen LogP contribution >= 0.6 is 0 Å². The standard InChI is InChI=1S/C75H120O6/c1-4-7-10-13-16-19-22-25-28-31-34-35-36-37-38-39-42-44-47-50-53-56-59-62-65-68-74(77)80-71-72(81-75(78)69-66-63-60-57-54-51-48-45-41-33-30-27-24-21-18-15-12-9-6-3)70-79-73(76)67-64-61-58-55-52-49-46-43-40-32-29-26-23-20-17-14-11-8-5-2/h7,9-10,12,16,18-19,21,25,27-28,30,34-35,37-38,41-42,44-45,50-51,53-54,60,63,72H,4-6,8,11,13-15,17,20,22-24,26,29,31-33,36,39-40,43,46-49,52,55-59,61-62,64-71H2,1-3H3/b10-7-,12-9-,19-16-,21-18-,28-25-,30-27-,35-34-,38-37-,44-42-,45-41-,53-50-,54-51-,63-60-. The summed E-state index contributed by atoms with van der Waals surface area (Å²) in [4.78, 5) is 38.4. The number of carbonyl (C=O) groups excluding carboxylic acids is 3. The van der Waals surface area contributed by atoms with Gasteiger partial charge in [-0.15, -0.1) is 0 Å². The molecule has 1 atom stereocenters. The Kier molecular flexibility index (Phi) is 63.4. The largest absolute Gasteiger partial charge is 0.462 e. The van der Waals surface area contributed by atoms with Crippen LogP contribution in [0.3, 0.4) is 0 Å². The minimum atomic E-state index is -0.841. The van der Waals surface area contributed by atoms with Crippen LogP contribution in [-0.4, -0.2) is 37.2 Å². The monoisotopic (exact) mass is 1120 g/mol. The Labute approximate surface area is 499 Å². The van der Waals surface area contributed by atoms with E-state index in [0.717, 1.165) is 128 Å². The first kappa shape index (κ1) is 76.0. The molecule has 1 unspecified atom stereocenters. The van der Waals surface area contributed by atoms with Crippen molar-refractivity contribution in [3.8, 4) is 0 Å². The maximum atomic E-state index is 12.9. The summed E-state index contributed by atoms with van der Waals surface area (Å²) < 4.78 is 16.8. The molecule has 0 aliphatic heterocycles. The minimum Gasteiger partial charge on any atom is -0.462 e. The van der Waals surface area contributed by atoms with Crippen LogP contribution in [0.4, 0.5) is 0 Å². The Morgan fingerprint density at radius 3 is 0.802 bits per heavy atom. The number of hydrogen-bond donors (Lipinski definition) is 0. The van der Waals surface area contributed by atoms with Crippen LogP contribution in [-0.2, 0) is 28.6 Å². The van der Waals surface area contributed by atoms with Gasteiger partial charge in [0.1, 0.15) is 13.2 Å². The van der Waals surface area contributed by atoms with Gasteiger partial charge in [0.15, 0.2) is 6.10 Å². The summed E-state index contributed by atoms with van der Waals surface area (Å²) in [7, 11) is 0. The third-order valence-electron chi connectivity index (χ3n) is 13.5. The molecule has 0 N–H and O–H groups in total. The lowest BCUT2D eigenvalue weighted by atomic mass is 10.0. The second-order valence-corrected chi connectivity index (χ2v) is 21.3. The van der Waals surface area contributed by atoms with Gasteiger partial charge in [-0.1, -0.05) is 301 Å². The molecule has 0 saturated carbocycles. The first-order valence-electron chi connectivity index (χ1n) is 33.0. The van der Waals surface area contributed by atoms with E-state index in [1.165, 1.54) is 103 Å². The van der Waals surface area contributed by atoms with E-state index in [9.17, 15) is 14.4 Å². The second-order valence-electron chi connectivity index (χ2n) is 21.3. The molecule has 0 aromatic rings. The summed E-state index contributed by atoms with van der Waals surface area (Å²) in [5.41, 5.74) is 0. The number of carbonyl (C=O) groups is 3. The van der Waals surface area contributed by atoms with Gasteiger partial charge in [-0.25, -0.2) is 0 Å². The van der Waals surface area contributed by atoms with Crippen LogP contribution in [0.25, 0.3) is 0 Å². The molecule has 0 rings (SSSR count). The fourth-order valence-electron chi connectivity index (χ4n) is 8.68. The van der Waals surface area contributed by atoms with E-state index in [4.69, 9.17) is 14.2 Å². The zero-order chi connectivity index (χ0) is 58.5. The number of unbranched alkanes of at least 4 members (excludes halogenated alkanes) is 21. The van der Waals surface area contributed by atoms with Crippen molar-refractivity contribution in [2.75, 3.05) is 13.2 Å². The van der Waals surface area contributed by atoms with Gasteiger partial charge in [-0.2, -0.15) is 0 Å². The quantitative estimate of drug-likeness (QED) is 0.0261. The van der Waals surface area contributed by atoms with Crippen molar-refractivity contribution < 1.29 is 28.6 Å². The average Bonchev–Trinajstić information content (AvgIpc) is 3.47. The highest BCUT2D eigenvalue weighted by Gasteiger charge is 2.19. The summed E-state index contributed by atoms with van der Waals surface area (Å²) in [6.45, 7) is 6.34. The first-order chi connectivity index (χ1) is 40.0.